The van der Waals surface area contributed by atoms with Crippen LogP contribution in [0.5, 0.6) is 0 Å². The minimum absolute atomic E-state index is 0. The van der Waals surface area contributed by atoms with Crippen molar-refractivity contribution in [3.63, 3.8) is 0 Å². The lowest BCUT2D eigenvalue weighted by molar-refractivity contribution is -0.151. The second-order valence-corrected chi connectivity index (χ2v) is 18.0. The molecule has 0 spiro atoms. The summed E-state index contributed by atoms with van der Waals surface area (Å²) >= 11 is 0. The highest BCUT2D eigenvalue weighted by molar-refractivity contribution is 5.86. The van der Waals surface area contributed by atoms with Crippen LogP contribution in [-0.2, 0) is 14.3 Å². The Balaban J connectivity index is 0.00000468. The summed E-state index contributed by atoms with van der Waals surface area (Å²) in [5, 5.41) is 3.41. The highest BCUT2D eigenvalue weighted by Gasteiger charge is 2.59. The van der Waals surface area contributed by atoms with Crippen LogP contribution in [0.15, 0.2) is 11.6 Å². The number of halogens is 3. The fourth-order valence-electron chi connectivity index (χ4n) is 11.2. The number of amides is 1. The van der Waals surface area contributed by atoms with E-state index in [1.807, 2.05) is 4.90 Å². The Kier molecular flexibility index (Phi) is 23.7. The number of nitrogens with zero attached hydrogens (tertiary/aromatic N) is 1. The van der Waals surface area contributed by atoms with E-state index < -0.39 is 0 Å². The van der Waals surface area contributed by atoms with Crippen molar-refractivity contribution in [1.29, 1.82) is 0 Å². The summed E-state index contributed by atoms with van der Waals surface area (Å²) in [6.07, 6.45) is 22.9. The first-order chi connectivity index (χ1) is 24.0. The number of carbonyl (C=O) groups is 2. The first-order valence-electron chi connectivity index (χ1n) is 21.3. The molecule has 53 heavy (non-hydrogen) atoms. The Bertz CT molecular complexity index is 1090. The second kappa shape index (κ2) is 24.9. The van der Waals surface area contributed by atoms with Gasteiger partial charge in [0, 0.05) is 32.4 Å². The van der Waals surface area contributed by atoms with Crippen LogP contribution in [0, 0.1) is 46.3 Å². The number of ether oxygens (including phenoxy) is 1. The minimum atomic E-state index is -0.0876. The molecule has 3 fully saturated rings. The molecule has 7 nitrogen and oxygen atoms in total. The topological polar surface area (TPSA) is 111 Å². The summed E-state index contributed by atoms with van der Waals surface area (Å²) in [4.78, 5) is 27.9. The van der Waals surface area contributed by atoms with E-state index in [9.17, 15) is 9.59 Å². The van der Waals surface area contributed by atoms with Gasteiger partial charge in [-0.15, -0.1) is 37.2 Å². The molecule has 0 bridgehead atoms. The lowest BCUT2D eigenvalue weighted by Gasteiger charge is -2.58. The number of esters is 1. The normalized spacial score (nSPS) is 29.3. The van der Waals surface area contributed by atoms with E-state index in [1.54, 1.807) is 5.57 Å². The number of allylic oxidation sites excluding steroid dienone is 1. The molecule has 0 aromatic rings. The Labute approximate surface area is 343 Å². The molecular formula is C43H81Cl3N4O3. The summed E-state index contributed by atoms with van der Waals surface area (Å²) < 4.78 is 6.10. The average molecular weight is 809 g/mol. The molecular weight excluding hydrogens is 727 g/mol. The number of hydrogen-bond acceptors (Lipinski definition) is 6. The second-order valence-electron chi connectivity index (χ2n) is 18.0. The van der Waals surface area contributed by atoms with Crippen LogP contribution < -0.4 is 16.8 Å². The molecule has 7 unspecified atom stereocenters. The number of rotatable bonds is 22. The molecule has 4 aliphatic carbocycles. The molecule has 0 heterocycles. The number of fused-ring (bicyclic) bond motifs is 5. The maximum absolute atomic E-state index is 13.0. The van der Waals surface area contributed by atoms with Crippen LogP contribution in [0.4, 0.5) is 0 Å². The standard InChI is InChI=1S/C43H78N4O3.3ClH/c1-32(2)13-10-14-33(3)37-19-20-38-36-18-17-34-31-35(21-23-42(34,4)39(36)22-24-43(37,38)5)50-41(49)16-7-6-15-40(48)47(30-12-26-45)29-9-8-27-46-28-11-25-44;;;/h17,32-33,35-39,46H,6-16,18-31,44-45H2,1-5H3;3*1H/t33-,35?,36?,37?,38?,39?,42?,43?;;;/m1.../s1. The minimum Gasteiger partial charge on any atom is -0.462 e. The SMILES string of the molecule is CC(C)CCC[C@@H](C)C1CCC2C3CC=C4CC(OC(=O)CCCCC(=O)N(CCCN)CCCCNCCCN)CCC4(C)C3CCC21C.Cl.Cl.Cl. The molecule has 0 saturated heterocycles. The fraction of sp³-hybridized carbons (Fsp3) is 0.907. The van der Waals surface area contributed by atoms with E-state index in [4.69, 9.17) is 16.2 Å². The Hall–Kier alpha value is -0.570. The zero-order chi connectivity index (χ0) is 36.1. The zero-order valence-electron chi connectivity index (χ0n) is 34.3. The zero-order valence-corrected chi connectivity index (χ0v) is 36.8. The predicted octanol–water partition coefficient (Wildman–Crippen LogP) is 9.66. The molecule has 8 atom stereocenters. The molecule has 3 saturated carbocycles. The van der Waals surface area contributed by atoms with Gasteiger partial charge in [0.15, 0.2) is 0 Å². The van der Waals surface area contributed by atoms with Gasteiger partial charge in [-0.25, -0.2) is 0 Å². The van der Waals surface area contributed by atoms with Gasteiger partial charge < -0.3 is 26.4 Å². The first-order valence-corrected chi connectivity index (χ1v) is 21.3. The molecule has 1 amide bonds. The van der Waals surface area contributed by atoms with Crippen LogP contribution >= 0.6 is 37.2 Å². The van der Waals surface area contributed by atoms with Crippen LogP contribution in [0.25, 0.3) is 0 Å². The molecule has 312 valence electrons. The van der Waals surface area contributed by atoms with Crippen molar-refractivity contribution in [1.82, 2.24) is 10.2 Å². The molecule has 0 aromatic carbocycles. The van der Waals surface area contributed by atoms with Crippen molar-refractivity contribution in [3.05, 3.63) is 11.6 Å². The molecule has 4 rings (SSSR count). The smallest absolute Gasteiger partial charge is 0.306 e. The highest BCUT2D eigenvalue weighted by atomic mass is 35.5. The largest absolute Gasteiger partial charge is 0.462 e. The van der Waals surface area contributed by atoms with Gasteiger partial charge in [-0.05, 0) is 156 Å². The lowest BCUT2D eigenvalue weighted by Crippen LogP contribution is -2.51. The summed E-state index contributed by atoms with van der Waals surface area (Å²) in [6.45, 7) is 17.2. The fourth-order valence-corrected chi connectivity index (χ4v) is 11.2. The summed E-state index contributed by atoms with van der Waals surface area (Å²) in [5.41, 5.74) is 13.7. The van der Waals surface area contributed by atoms with Gasteiger partial charge in [0.25, 0.3) is 0 Å². The molecule has 4 aliphatic rings. The highest BCUT2D eigenvalue weighted by Crippen LogP contribution is 2.67. The average Bonchev–Trinajstić information content (AvgIpc) is 3.44. The maximum Gasteiger partial charge on any atom is 0.306 e. The number of nitrogens with one attached hydrogen (secondary N) is 1. The van der Waals surface area contributed by atoms with Crippen LogP contribution in [0.2, 0.25) is 0 Å². The van der Waals surface area contributed by atoms with E-state index in [2.05, 4.69) is 46.0 Å². The van der Waals surface area contributed by atoms with E-state index in [0.717, 1.165) is 107 Å². The van der Waals surface area contributed by atoms with Gasteiger partial charge in [0.2, 0.25) is 5.91 Å². The number of unbranched alkanes of at least 4 members (excludes halogenated alkanes) is 2. The van der Waals surface area contributed by atoms with Crippen molar-refractivity contribution in [3.8, 4) is 0 Å². The van der Waals surface area contributed by atoms with Gasteiger partial charge >= 0.3 is 5.97 Å². The Morgan fingerprint density at radius 1 is 0.830 bits per heavy atom. The molecule has 5 N–H and O–H groups in total. The molecule has 0 aliphatic heterocycles. The van der Waals surface area contributed by atoms with E-state index >= 15 is 0 Å². The van der Waals surface area contributed by atoms with Gasteiger partial charge in [-0.1, -0.05) is 65.5 Å². The van der Waals surface area contributed by atoms with Gasteiger partial charge in [0.05, 0.1) is 0 Å². The van der Waals surface area contributed by atoms with Crippen molar-refractivity contribution in [2.24, 2.45) is 57.8 Å². The van der Waals surface area contributed by atoms with Crippen LogP contribution in [0.3, 0.4) is 0 Å². The maximum atomic E-state index is 13.0. The number of carbonyl (C=O) groups excluding carboxylic acids is 2. The lowest BCUT2D eigenvalue weighted by atomic mass is 9.47. The Morgan fingerprint density at radius 3 is 2.25 bits per heavy atom. The summed E-state index contributed by atoms with van der Waals surface area (Å²) in [6, 6.07) is 0. The van der Waals surface area contributed by atoms with Gasteiger partial charge in [-0.2, -0.15) is 0 Å². The first kappa shape index (κ1) is 50.4. The third-order valence-corrected chi connectivity index (χ3v) is 14.2. The summed E-state index contributed by atoms with van der Waals surface area (Å²) in [5.74, 6) is 5.14. The number of nitrogens with two attached hydrogens (primary N) is 2. The Morgan fingerprint density at radius 2 is 1.53 bits per heavy atom. The van der Waals surface area contributed by atoms with E-state index in [-0.39, 0.29) is 60.6 Å². The summed E-state index contributed by atoms with van der Waals surface area (Å²) in [7, 11) is 0. The van der Waals surface area contributed by atoms with Gasteiger partial charge in [-0.3, -0.25) is 9.59 Å². The molecule has 10 heteroatoms. The van der Waals surface area contributed by atoms with Crippen molar-refractivity contribution in [2.45, 2.75) is 163 Å². The monoisotopic (exact) mass is 807 g/mol. The van der Waals surface area contributed by atoms with Crippen LogP contribution in [-0.4, -0.2) is 62.1 Å². The van der Waals surface area contributed by atoms with E-state index in [0.29, 0.717) is 44.3 Å². The van der Waals surface area contributed by atoms with Gasteiger partial charge in [0.1, 0.15) is 6.10 Å². The number of hydrogen-bond donors (Lipinski definition) is 3. The van der Waals surface area contributed by atoms with Crippen LogP contribution in [0.1, 0.15) is 157 Å². The quantitative estimate of drug-likeness (QED) is 0.0571. The van der Waals surface area contributed by atoms with Crippen molar-refractivity contribution in [2.75, 3.05) is 39.3 Å². The van der Waals surface area contributed by atoms with Crippen molar-refractivity contribution >= 4 is 49.1 Å². The molecule has 0 radical (unpaired) electrons. The molecule has 0 aromatic heterocycles. The third-order valence-electron chi connectivity index (χ3n) is 14.2. The van der Waals surface area contributed by atoms with E-state index in [1.165, 1.54) is 51.4 Å². The van der Waals surface area contributed by atoms with Crippen molar-refractivity contribution < 1.29 is 14.3 Å². The third kappa shape index (κ3) is 13.8. The predicted molar refractivity (Wildman–Crippen MR) is 229 cm³/mol.